The SMILES string of the molecule is CC(C)N(C)S(=O)(=O)c1ccc(C(=O)NC(C)(C)CN)cc1. The zero-order valence-electron chi connectivity index (χ0n) is 13.8. The van der Waals surface area contributed by atoms with E-state index in [1.165, 1.54) is 35.6 Å². The van der Waals surface area contributed by atoms with Crippen LogP contribution in [0.25, 0.3) is 0 Å². The van der Waals surface area contributed by atoms with Gasteiger partial charge < -0.3 is 11.1 Å². The highest BCUT2D eigenvalue weighted by Gasteiger charge is 2.24. The minimum Gasteiger partial charge on any atom is -0.346 e. The standard InChI is InChI=1S/C15H25N3O3S/c1-11(2)18(5)22(20,21)13-8-6-12(7-9-13)14(19)17-15(3,4)10-16/h6-9,11H,10,16H2,1-5H3,(H,17,19). The first-order valence-electron chi connectivity index (χ1n) is 7.12. The number of amides is 1. The molecule has 0 aliphatic heterocycles. The van der Waals surface area contributed by atoms with Crippen LogP contribution in [0.4, 0.5) is 0 Å². The average molecular weight is 327 g/mol. The van der Waals surface area contributed by atoms with E-state index in [1.807, 2.05) is 13.8 Å². The first kappa shape index (κ1) is 18.6. The van der Waals surface area contributed by atoms with Crippen molar-refractivity contribution in [1.82, 2.24) is 9.62 Å². The Labute approximate surface area is 132 Å². The molecule has 124 valence electrons. The number of sulfonamides is 1. The average Bonchev–Trinajstić information content (AvgIpc) is 2.46. The van der Waals surface area contributed by atoms with Crippen molar-refractivity contribution in [2.75, 3.05) is 13.6 Å². The largest absolute Gasteiger partial charge is 0.346 e. The molecule has 0 aromatic heterocycles. The van der Waals surface area contributed by atoms with Gasteiger partial charge in [-0.1, -0.05) is 0 Å². The van der Waals surface area contributed by atoms with Crippen LogP contribution in [-0.2, 0) is 10.0 Å². The van der Waals surface area contributed by atoms with Crippen molar-refractivity contribution < 1.29 is 13.2 Å². The Bertz CT molecular complexity index is 622. The Morgan fingerprint density at radius 1 is 1.27 bits per heavy atom. The molecule has 22 heavy (non-hydrogen) atoms. The highest BCUT2D eigenvalue weighted by molar-refractivity contribution is 7.89. The van der Waals surface area contributed by atoms with Crippen LogP contribution in [0.5, 0.6) is 0 Å². The zero-order chi connectivity index (χ0) is 17.1. The number of benzene rings is 1. The summed E-state index contributed by atoms with van der Waals surface area (Å²) in [7, 11) is -2.01. The summed E-state index contributed by atoms with van der Waals surface area (Å²) in [5.74, 6) is -0.281. The summed E-state index contributed by atoms with van der Waals surface area (Å²) < 4.78 is 26.0. The summed E-state index contributed by atoms with van der Waals surface area (Å²) in [6.45, 7) is 7.55. The van der Waals surface area contributed by atoms with E-state index in [0.29, 0.717) is 12.1 Å². The third-order valence-electron chi connectivity index (χ3n) is 3.48. The molecule has 0 aliphatic rings. The Hall–Kier alpha value is -1.44. The molecule has 0 heterocycles. The van der Waals surface area contributed by atoms with Crippen LogP contribution in [0.1, 0.15) is 38.1 Å². The second kappa shape index (κ2) is 6.76. The summed E-state index contributed by atoms with van der Waals surface area (Å²) in [6, 6.07) is 5.75. The number of hydrogen-bond donors (Lipinski definition) is 2. The molecule has 0 spiro atoms. The smallest absolute Gasteiger partial charge is 0.251 e. The Morgan fingerprint density at radius 3 is 2.18 bits per heavy atom. The molecule has 1 rings (SSSR count). The van der Waals surface area contributed by atoms with Crippen molar-refractivity contribution in [1.29, 1.82) is 0 Å². The molecule has 6 nitrogen and oxygen atoms in total. The van der Waals surface area contributed by atoms with Crippen LogP contribution >= 0.6 is 0 Å². The molecule has 3 N–H and O–H groups in total. The maximum atomic E-state index is 12.3. The lowest BCUT2D eigenvalue weighted by atomic mass is 10.1. The van der Waals surface area contributed by atoms with Gasteiger partial charge in [0.2, 0.25) is 10.0 Å². The molecule has 7 heteroatoms. The lowest BCUT2D eigenvalue weighted by molar-refractivity contribution is 0.0915. The van der Waals surface area contributed by atoms with E-state index in [2.05, 4.69) is 5.32 Å². The molecule has 0 aliphatic carbocycles. The maximum absolute atomic E-state index is 12.3. The van der Waals surface area contributed by atoms with Gasteiger partial charge in [0.15, 0.2) is 0 Å². The highest BCUT2D eigenvalue weighted by atomic mass is 32.2. The number of carbonyl (C=O) groups excluding carboxylic acids is 1. The van der Waals surface area contributed by atoms with Gasteiger partial charge in [-0.05, 0) is 52.0 Å². The van der Waals surface area contributed by atoms with E-state index in [4.69, 9.17) is 5.73 Å². The van der Waals surface area contributed by atoms with E-state index < -0.39 is 15.6 Å². The van der Waals surface area contributed by atoms with E-state index in [9.17, 15) is 13.2 Å². The highest BCUT2D eigenvalue weighted by Crippen LogP contribution is 2.17. The van der Waals surface area contributed by atoms with Gasteiger partial charge in [-0.25, -0.2) is 8.42 Å². The molecule has 0 atom stereocenters. The molecule has 0 saturated carbocycles. The first-order valence-corrected chi connectivity index (χ1v) is 8.56. The van der Waals surface area contributed by atoms with Crippen LogP contribution in [0, 0.1) is 0 Å². The maximum Gasteiger partial charge on any atom is 0.251 e. The van der Waals surface area contributed by atoms with Crippen LogP contribution in [0.2, 0.25) is 0 Å². The van der Waals surface area contributed by atoms with Crippen molar-refractivity contribution in [2.24, 2.45) is 5.73 Å². The van der Waals surface area contributed by atoms with Gasteiger partial charge in [0.1, 0.15) is 0 Å². The molecular formula is C15H25N3O3S. The Morgan fingerprint density at radius 2 is 1.77 bits per heavy atom. The topological polar surface area (TPSA) is 92.5 Å². The van der Waals surface area contributed by atoms with E-state index >= 15 is 0 Å². The molecule has 1 aromatic carbocycles. The lowest BCUT2D eigenvalue weighted by Crippen LogP contribution is -2.48. The number of nitrogens with zero attached hydrogens (tertiary/aromatic N) is 1. The van der Waals surface area contributed by atoms with E-state index in [-0.39, 0.29) is 16.8 Å². The Balaban J connectivity index is 2.99. The van der Waals surface area contributed by atoms with E-state index in [0.717, 1.165) is 0 Å². The van der Waals surface area contributed by atoms with E-state index in [1.54, 1.807) is 13.8 Å². The Kier molecular flexibility index (Phi) is 5.72. The van der Waals surface area contributed by atoms with Crippen LogP contribution in [0.3, 0.4) is 0 Å². The molecule has 1 amide bonds. The van der Waals surface area contributed by atoms with Crippen molar-refractivity contribution >= 4 is 15.9 Å². The van der Waals surface area contributed by atoms with Crippen molar-refractivity contribution in [3.8, 4) is 0 Å². The summed E-state index contributed by atoms with van der Waals surface area (Å²) >= 11 is 0. The van der Waals surface area contributed by atoms with Crippen molar-refractivity contribution in [2.45, 2.75) is 44.2 Å². The number of hydrogen-bond acceptors (Lipinski definition) is 4. The zero-order valence-corrected chi connectivity index (χ0v) is 14.6. The fourth-order valence-electron chi connectivity index (χ4n) is 1.65. The molecule has 0 bridgehead atoms. The van der Waals surface area contributed by atoms with Gasteiger partial charge in [0.25, 0.3) is 5.91 Å². The molecule has 0 fully saturated rings. The van der Waals surface area contributed by atoms with Gasteiger partial charge in [-0.2, -0.15) is 4.31 Å². The lowest BCUT2D eigenvalue weighted by Gasteiger charge is -2.24. The second-order valence-electron chi connectivity index (χ2n) is 6.18. The van der Waals surface area contributed by atoms with Gasteiger partial charge in [0.05, 0.1) is 4.90 Å². The number of carbonyl (C=O) groups is 1. The summed E-state index contributed by atoms with van der Waals surface area (Å²) in [5, 5.41) is 2.80. The predicted molar refractivity (Wildman–Crippen MR) is 87.1 cm³/mol. The second-order valence-corrected chi connectivity index (χ2v) is 8.18. The fourth-order valence-corrected chi connectivity index (χ4v) is 3.02. The summed E-state index contributed by atoms with van der Waals surface area (Å²) in [6.07, 6.45) is 0. The minimum atomic E-state index is -3.54. The monoisotopic (exact) mass is 327 g/mol. The molecule has 0 radical (unpaired) electrons. The molecule has 0 unspecified atom stereocenters. The summed E-state index contributed by atoms with van der Waals surface area (Å²) in [4.78, 5) is 12.3. The quantitative estimate of drug-likeness (QED) is 0.820. The first-order chi connectivity index (χ1) is 10.0. The molecule has 1 aromatic rings. The number of nitrogens with one attached hydrogen (secondary N) is 1. The number of rotatable bonds is 6. The van der Waals surface area contributed by atoms with Crippen LogP contribution in [0.15, 0.2) is 29.2 Å². The number of nitrogens with two attached hydrogens (primary N) is 1. The van der Waals surface area contributed by atoms with Gasteiger partial charge in [0, 0.05) is 30.7 Å². The van der Waals surface area contributed by atoms with Gasteiger partial charge >= 0.3 is 0 Å². The summed E-state index contributed by atoms with van der Waals surface area (Å²) in [5.41, 5.74) is 5.46. The van der Waals surface area contributed by atoms with Crippen LogP contribution in [-0.4, -0.2) is 43.8 Å². The third kappa shape index (κ3) is 4.28. The van der Waals surface area contributed by atoms with Crippen LogP contribution < -0.4 is 11.1 Å². The molecule has 0 saturated heterocycles. The fraction of sp³-hybridized carbons (Fsp3) is 0.533. The van der Waals surface area contributed by atoms with Crippen molar-refractivity contribution in [3.05, 3.63) is 29.8 Å². The normalized spacial score (nSPS) is 12.7. The van der Waals surface area contributed by atoms with Gasteiger partial charge in [-0.3, -0.25) is 4.79 Å². The van der Waals surface area contributed by atoms with Gasteiger partial charge in [-0.15, -0.1) is 0 Å². The predicted octanol–water partition coefficient (Wildman–Crippen LogP) is 1.18. The van der Waals surface area contributed by atoms with Crippen molar-refractivity contribution in [3.63, 3.8) is 0 Å². The minimum absolute atomic E-state index is 0.140. The third-order valence-corrected chi connectivity index (χ3v) is 5.53. The molecular weight excluding hydrogens is 302 g/mol.